The second-order valence-electron chi connectivity index (χ2n) is 4.60. The van der Waals surface area contributed by atoms with E-state index in [2.05, 4.69) is 22.0 Å². The van der Waals surface area contributed by atoms with Crippen molar-refractivity contribution < 1.29 is 14.3 Å². The van der Waals surface area contributed by atoms with Crippen LogP contribution in [0.25, 0.3) is 0 Å². The van der Waals surface area contributed by atoms with Crippen LogP contribution < -0.4 is 4.74 Å². The summed E-state index contributed by atoms with van der Waals surface area (Å²) in [5, 5.41) is 0. The number of fused-ring (bicyclic) bond motifs is 1. The maximum atomic E-state index is 11.3. The molecular formula is C14H18BrNO3. The van der Waals surface area contributed by atoms with Crippen molar-refractivity contribution in [2.45, 2.75) is 19.4 Å². The lowest BCUT2D eigenvalue weighted by Gasteiger charge is -2.22. The van der Waals surface area contributed by atoms with Crippen molar-refractivity contribution in [1.82, 2.24) is 4.90 Å². The summed E-state index contributed by atoms with van der Waals surface area (Å²) in [7, 11) is 1.41. The monoisotopic (exact) mass is 327 g/mol. The fourth-order valence-corrected chi connectivity index (χ4v) is 2.64. The van der Waals surface area contributed by atoms with Crippen molar-refractivity contribution >= 4 is 21.9 Å². The molecule has 104 valence electrons. The minimum absolute atomic E-state index is 0.105. The maximum absolute atomic E-state index is 11.3. The Kier molecular flexibility index (Phi) is 4.82. The van der Waals surface area contributed by atoms with Crippen molar-refractivity contribution in [3.63, 3.8) is 0 Å². The van der Waals surface area contributed by atoms with E-state index in [1.807, 2.05) is 24.0 Å². The van der Waals surface area contributed by atoms with Crippen LogP contribution in [0.5, 0.6) is 5.75 Å². The smallest absolute Gasteiger partial charge is 0.319 e. The van der Waals surface area contributed by atoms with Crippen LogP contribution in [0.2, 0.25) is 0 Å². The van der Waals surface area contributed by atoms with Crippen LogP contribution in [-0.2, 0) is 16.0 Å². The molecule has 1 atom stereocenters. The summed E-state index contributed by atoms with van der Waals surface area (Å²) in [6.07, 6.45) is 0.987. The average molecular weight is 328 g/mol. The molecule has 19 heavy (non-hydrogen) atoms. The number of hydrogen-bond donors (Lipinski definition) is 0. The Balaban J connectivity index is 1.93. The quantitative estimate of drug-likeness (QED) is 0.777. The molecule has 1 aliphatic rings. The fourth-order valence-electron chi connectivity index (χ4n) is 2.23. The third-order valence-corrected chi connectivity index (χ3v) is 3.75. The molecule has 0 amide bonds. The highest BCUT2D eigenvalue weighted by atomic mass is 79.9. The number of esters is 1. The molecule has 1 unspecified atom stereocenters. The van der Waals surface area contributed by atoms with Gasteiger partial charge >= 0.3 is 5.97 Å². The van der Waals surface area contributed by atoms with Crippen LogP contribution in [0.15, 0.2) is 22.7 Å². The molecule has 0 N–H and O–H groups in total. The number of benzene rings is 1. The zero-order valence-corrected chi connectivity index (χ0v) is 12.8. The van der Waals surface area contributed by atoms with E-state index in [-0.39, 0.29) is 12.1 Å². The van der Waals surface area contributed by atoms with E-state index in [9.17, 15) is 4.79 Å². The number of carbonyl (C=O) groups is 1. The molecule has 0 fully saturated rings. The third kappa shape index (κ3) is 3.70. The van der Waals surface area contributed by atoms with Crippen molar-refractivity contribution in [2.24, 2.45) is 0 Å². The number of likely N-dealkylation sites (N-methyl/N-ethyl adjacent to an activating group) is 1. The fraction of sp³-hybridized carbons (Fsp3) is 0.500. The number of rotatable bonds is 5. The molecule has 0 bridgehead atoms. The minimum Gasteiger partial charge on any atom is -0.488 e. The van der Waals surface area contributed by atoms with Gasteiger partial charge in [-0.05, 0) is 30.3 Å². The van der Waals surface area contributed by atoms with E-state index in [0.717, 1.165) is 29.7 Å². The summed E-state index contributed by atoms with van der Waals surface area (Å²) in [4.78, 5) is 13.3. The summed E-state index contributed by atoms with van der Waals surface area (Å²) in [5.41, 5.74) is 1.22. The number of ether oxygens (including phenoxy) is 2. The highest BCUT2D eigenvalue weighted by Crippen LogP contribution is 2.31. The molecule has 0 aromatic heterocycles. The number of carbonyl (C=O) groups excluding carboxylic acids is 1. The van der Waals surface area contributed by atoms with E-state index in [1.165, 1.54) is 12.7 Å². The molecule has 2 rings (SSSR count). The minimum atomic E-state index is -0.208. The first-order valence-electron chi connectivity index (χ1n) is 6.36. The molecule has 0 radical (unpaired) electrons. The van der Waals surface area contributed by atoms with Gasteiger partial charge in [0, 0.05) is 17.4 Å². The standard InChI is InChI=1S/C14H18BrNO3/c1-3-16(9-14(17)18-2)8-12-7-10-6-11(15)4-5-13(10)19-12/h4-6,12H,3,7-9H2,1-2H3. The third-order valence-electron chi connectivity index (χ3n) is 3.25. The average Bonchev–Trinajstić information content (AvgIpc) is 2.79. The molecule has 0 spiro atoms. The van der Waals surface area contributed by atoms with Crippen LogP contribution in [-0.4, -0.2) is 43.7 Å². The highest BCUT2D eigenvalue weighted by molar-refractivity contribution is 9.10. The van der Waals surface area contributed by atoms with Crippen molar-refractivity contribution in [1.29, 1.82) is 0 Å². The molecule has 1 aromatic rings. The zero-order valence-electron chi connectivity index (χ0n) is 11.2. The molecule has 1 aromatic carbocycles. The van der Waals surface area contributed by atoms with Crippen LogP contribution in [0.4, 0.5) is 0 Å². The Bertz CT molecular complexity index is 464. The zero-order chi connectivity index (χ0) is 13.8. The Hall–Kier alpha value is -1.07. The van der Waals surface area contributed by atoms with Crippen LogP contribution in [0.3, 0.4) is 0 Å². The van der Waals surface area contributed by atoms with E-state index in [0.29, 0.717) is 6.54 Å². The maximum Gasteiger partial charge on any atom is 0.319 e. The SMILES string of the molecule is CCN(CC(=O)OC)CC1Cc2cc(Br)ccc2O1. The van der Waals surface area contributed by atoms with Gasteiger partial charge in [-0.1, -0.05) is 22.9 Å². The van der Waals surface area contributed by atoms with Gasteiger partial charge in [0.2, 0.25) is 0 Å². The molecule has 4 nitrogen and oxygen atoms in total. The van der Waals surface area contributed by atoms with Gasteiger partial charge in [-0.3, -0.25) is 9.69 Å². The van der Waals surface area contributed by atoms with Gasteiger partial charge in [-0.25, -0.2) is 0 Å². The van der Waals surface area contributed by atoms with Crippen LogP contribution in [0.1, 0.15) is 12.5 Å². The van der Waals surface area contributed by atoms with Gasteiger partial charge in [-0.15, -0.1) is 0 Å². The second-order valence-corrected chi connectivity index (χ2v) is 5.52. The van der Waals surface area contributed by atoms with Crippen molar-refractivity contribution in [3.05, 3.63) is 28.2 Å². The normalized spacial score (nSPS) is 17.2. The van der Waals surface area contributed by atoms with E-state index in [1.54, 1.807) is 0 Å². The lowest BCUT2D eigenvalue weighted by Crippen LogP contribution is -2.38. The summed E-state index contributed by atoms with van der Waals surface area (Å²) in [6, 6.07) is 6.05. The summed E-state index contributed by atoms with van der Waals surface area (Å²) >= 11 is 3.46. The lowest BCUT2D eigenvalue weighted by atomic mass is 10.1. The molecule has 5 heteroatoms. The molecule has 1 aliphatic heterocycles. The first-order valence-corrected chi connectivity index (χ1v) is 7.16. The topological polar surface area (TPSA) is 38.8 Å². The van der Waals surface area contributed by atoms with E-state index < -0.39 is 0 Å². The Morgan fingerprint density at radius 1 is 1.58 bits per heavy atom. The van der Waals surface area contributed by atoms with Crippen LogP contribution >= 0.6 is 15.9 Å². The highest BCUT2D eigenvalue weighted by Gasteiger charge is 2.25. The summed E-state index contributed by atoms with van der Waals surface area (Å²) < 4.78 is 11.7. The molecular weight excluding hydrogens is 310 g/mol. The van der Waals surface area contributed by atoms with Gasteiger partial charge in [0.05, 0.1) is 13.7 Å². The Morgan fingerprint density at radius 2 is 2.37 bits per heavy atom. The number of nitrogens with zero attached hydrogens (tertiary/aromatic N) is 1. The predicted molar refractivity (Wildman–Crippen MR) is 76.4 cm³/mol. The van der Waals surface area contributed by atoms with E-state index in [4.69, 9.17) is 9.47 Å². The molecule has 1 heterocycles. The van der Waals surface area contributed by atoms with E-state index >= 15 is 0 Å². The predicted octanol–water partition coefficient (Wildman–Crippen LogP) is 2.25. The number of halogens is 1. The van der Waals surface area contributed by atoms with Gasteiger partial charge in [-0.2, -0.15) is 0 Å². The lowest BCUT2D eigenvalue weighted by molar-refractivity contribution is -0.142. The molecule has 0 saturated carbocycles. The Morgan fingerprint density at radius 3 is 3.05 bits per heavy atom. The van der Waals surface area contributed by atoms with Gasteiger partial charge in [0.25, 0.3) is 0 Å². The largest absolute Gasteiger partial charge is 0.488 e. The van der Waals surface area contributed by atoms with Gasteiger partial charge < -0.3 is 9.47 Å². The molecule has 0 aliphatic carbocycles. The van der Waals surface area contributed by atoms with Gasteiger partial charge in [0.15, 0.2) is 0 Å². The van der Waals surface area contributed by atoms with Crippen molar-refractivity contribution in [2.75, 3.05) is 26.7 Å². The summed E-state index contributed by atoms with van der Waals surface area (Å²) in [6.45, 7) is 3.88. The first-order chi connectivity index (χ1) is 9.12. The number of hydrogen-bond acceptors (Lipinski definition) is 4. The van der Waals surface area contributed by atoms with Crippen LogP contribution in [0, 0.1) is 0 Å². The summed E-state index contributed by atoms with van der Waals surface area (Å²) in [5.74, 6) is 0.738. The number of methoxy groups -OCH3 is 1. The van der Waals surface area contributed by atoms with Crippen molar-refractivity contribution in [3.8, 4) is 5.75 Å². The second kappa shape index (κ2) is 6.39. The van der Waals surface area contributed by atoms with Gasteiger partial charge in [0.1, 0.15) is 11.9 Å². The Labute approximate surface area is 121 Å². The first kappa shape index (κ1) is 14.3. The molecule has 0 saturated heterocycles.